The van der Waals surface area contributed by atoms with Gasteiger partial charge in [-0.15, -0.1) is 0 Å². The summed E-state index contributed by atoms with van der Waals surface area (Å²) in [6.45, 7) is 7.32. The topological polar surface area (TPSA) is 20.2 Å². The molecule has 2 nitrogen and oxygen atoms in total. The second-order valence-corrected chi connectivity index (χ2v) is 8.26. The number of halogens is 1. The summed E-state index contributed by atoms with van der Waals surface area (Å²) in [5.74, 6) is 0.440. The van der Waals surface area contributed by atoms with Crippen LogP contribution >= 0.6 is 0 Å². The van der Waals surface area contributed by atoms with E-state index in [1.807, 2.05) is 0 Å². The highest BCUT2D eigenvalue weighted by Gasteiger charge is 2.41. The van der Waals surface area contributed by atoms with E-state index in [-0.39, 0.29) is 17.0 Å². The Hall–Kier alpha value is -0.380. The average Bonchev–Trinajstić information content (AvgIpc) is 2.68. The first kappa shape index (κ1) is 20.9. The first-order valence-electron chi connectivity index (χ1n) is 10.3. The van der Waals surface area contributed by atoms with Crippen LogP contribution in [0.15, 0.2) is 30.3 Å². The molecule has 1 atom stereocenters. The highest BCUT2D eigenvalue weighted by Crippen LogP contribution is 2.42. The molecule has 0 amide bonds. The maximum atomic E-state index is 11.8. The van der Waals surface area contributed by atoms with Crippen LogP contribution in [0, 0.1) is 5.92 Å². The lowest BCUT2D eigenvalue weighted by atomic mass is 9.71. The molecular formula is C22H36BrNO. The fourth-order valence-electron chi connectivity index (χ4n) is 5.18. The largest absolute Gasteiger partial charge is 1.00 e. The van der Waals surface area contributed by atoms with E-state index < -0.39 is 5.60 Å². The minimum Gasteiger partial charge on any atom is -1.00 e. The summed E-state index contributed by atoms with van der Waals surface area (Å²) in [5.41, 5.74) is 0.530. The summed E-state index contributed by atoms with van der Waals surface area (Å²) in [4.78, 5) is 0. The molecule has 142 valence electrons. The number of aliphatic hydroxyl groups is 1. The van der Waals surface area contributed by atoms with Crippen LogP contribution in [0.5, 0.6) is 0 Å². The lowest BCUT2D eigenvalue weighted by Gasteiger charge is -2.45. The van der Waals surface area contributed by atoms with Gasteiger partial charge in [0, 0.05) is 6.42 Å². The average molecular weight is 410 g/mol. The smallest absolute Gasteiger partial charge is 0.0978 e. The van der Waals surface area contributed by atoms with Crippen LogP contribution in [0.2, 0.25) is 0 Å². The zero-order valence-corrected chi connectivity index (χ0v) is 17.5. The Bertz CT molecular complexity index is 494. The minimum atomic E-state index is -0.625. The number of nitrogens with zero attached hydrogens (tertiary/aromatic N) is 1. The predicted molar refractivity (Wildman–Crippen MR) is 101 cm³/mol. The van der Waals surface area contributed by atoms with Crippen LogP contribution in [0.1, 0.15) is 70.3 Å². The molecule has 1 unspecified atom stereocenters. The molecular weight excluding hydrogens is 374 g/mol. The first-order valence-corrected chi connectivity index (χ1v) is 10.3. The van der Waals surface area contributed by atoms with Gasteiger partial charge in [-0.1, -0.05) is 49.6 Å². The van der Waals surface area contributed by atoms with Gasteiger partial charge in [-0.25, -0.2) is 0 Å². The van der Waals surface area contributed by atoms with E-state index >= 15 is 0 Å². The number of hydrogen-bond acceptors (Lipinski definition) is 1. The number of rotatable bonds is 6. The SMILES string of the molecule is CC[N+]1(CCC(O)(c2ccccc2)C2CCCCC2)CCCCC1.[Br-]. The van der Waals surface area contributed by atoms with Gasteiger partial charge in [0.2, 0.25) is 0 Å². The number of hydrogen-bond donors (Lipinski definition) is 1. The van der Waals surface area contributed by atoms with Gasteiger partial charge in [-0.2, -0.15) is 0 Å². The van der Waals surface area contributed by atoms with Crippen molar-refractivity contribution in [2.24, 2.45) is 5.92 Å². The van der Waals surface area contributed by atoms with Crippen molar-refractivity contribution in [3.05, 3.63) is 35.9 Å². The molecule has 0 aromatic heterocycles. The lowest BCUT2D eigenvalue weighted by Crippen LogP contribution is -3.00. The molecule has 1 aliphatic heterocycles. The van der Waals surface area contributed by atoms with Crippen molar-refractivity contribution in [1.29, 1.82) is 0 Å². The molecule has 1 saturated heterocycles. The molecule has 0 spiro atoms. The Kier molecular flexibility index (Phi) is 7.97. The van der Waals surface area contributed by atoms with Crippen LogP contribution in [0.25, 0.3) is 0 Å². The van der Waals surface area contributed by atoms with E-state index in [1.165, 1.54) is 75.5 Å². The number of benzene rings is 1. The van der Waals surface area contributed by atoms with Gasteiger partial charge in [-0.05, 0) is 50.5 Å². The summed E-state index contributed by atoms with van der Waals surface area (Å²) in [6, 6.07) is 10.6. The molecule has 2 aliphatic rings. The predicted octanol–water partition coefficient (Wildman–Crippen LogP) is 1.87. The van der Waals surface area contributed by atoms with Crippen LogP contribution < -0.4 is 17.0 Å². The third-order valence-corrected chi connectivity index (χ3v) is 6.96. The second kappa shape index (κ2) is 9.53. The first-order chi connectivity index (χ1) is 11.7. The normalized spacial score (nSPS) is 23.4. The Morgan fingerprint density at radius 3 is 2.16 bits per heavy atom. The zero-order valence-electron chi connectivity index (χ0n) is 15.9. The fraction of sp³-hybridized carbons (Fsp3) is 0.727. The van der Waals surface area contributed by atoms with Crippen molar-refractivity contribution >= 4 is 0 Å². The maximum Gasteiger partial charge on any atom is 0.0978 e. The number of piperidine rings is 1. The molecule has 3 heteroatoms. The molecule has 25 heavy (non-hydrogen) atoms. The summed E-state index contributed by atoms with van der Waals surface area (Å²) in [6.07, 6.45) is 11.3. The summed E-state index contributed by atoms with van der Waals surface area (Å²) >= 11 is 0. The van der Waals surface area contributed by atoms with Gasteiger partial charge in [0.1, 0.15) is 0 Å². The third kappa shape index (κ3) is 4.87. The van der Waals surface area contributed by atoms with Crippen molar-refractivity contribution in [1.82, 2.24) is 0 Å². The molecule has 0 radical (unpaired) electrons. The van der Waals surface area contributed by atoms with Crippen molar-refractivity contribution < 1.29 is 26.6 Å². The van der Waals surface area contributed by atoms with Gasteiger partial charge in [0.25, 0.3) is 0 Å². The highest BCUT2D eigenvalue weighted by molar-refractivity contribution is 5.23. The third-order valence-electron chi connectivity index (χ3n) is 6.96. The molecule has 1 saturated carbocycles. The number of quaternary nitrogens is 1. The quantitative estimate of drug-likeness (QED) is 0.710. The van der Waals surface area contributed by atoms with Gasteiger partial charge < -0.3 is 26.6 Å². The highest BCUT2D eigenvalue weighted by atomic mass is 79.9. The zero-order chi connectivity index (χ0) is 16.9. The van der Waals surface area contributed by atoms with Crippen LogP contribution in [-0.2, 0) is 5.60 Å². The van der Waals surface area contributed by atoms with E-state index in [0.717, 1.165) is 18.5 Å². The molecule has 1 heterocycles. The van der Waals surface area contributed by atoms with Gasteiger partial charge >= 0.3 is 0 Å². The molecule has 1 N–H and O–H groups in total. The Labute approximate surface area is 165 Å². The van der Waals surface area contributed by atoms with Crippen molar-refractivity contribution in [3.8, 4) is 0 Å². The van der Waals surface area contributed by atoms with Crippen LogP contribution in [0.4, 0.5) is 0 Å². The molecule has 0 bridgehead atoms. The molecule has 3 rings (SSSR count). The molecule has 1 aromatic carbocycles. The molecule has 1 aliphatic carbocycles. The second-order valence-electron chi connectivity index (χ2n) is 8.26. The van der Waals surface area contributed by atoms with Crippen LogP contribution in [0.3, 0.4) is 0 Å². The van der Waals surface area contributed by atoms with E-state index in [2.05, 4.69) is 37.3 Å². The molecule has 2 fully saturated rings. The monoisotopic (exact) mass is 409 g/mol. The van der Waals surface area contributed by atoms with Gasteiger partial charge in [0.05, 0.1) is 31.8 Å². The summed E-state index contributed by atoms with van der Waals surface area (Å²) in [7, 11) is 0. The van der Waals surface area contributed by atoms with E-state index in [4.69, 9.17) is 0 Å². The Morgan fingerprint density at radius 1 is 0.960 bits per heavy atom. The maximum absolute atomic E-state index is 11.8. The fourth-order valence-corrected chi connectivity index (χ4v) is 5.18. The van der Waals surface area contributed by atoms with E-state index in [9.17, 15) is 5.11 Å². The summed E-state index contributed by atoms with van der Waals surface area (Å²) in [5, 5.41) is 11.8. The molecule has 1 aromatic rings. The van der Waals surface area contributed by atoms with Crippen molar-refractivity contribution in [2.75, 3.05) is 26.2 Å². The number of likely N-dealkylation sites (tertiary alicyclic amines) is 1. The Morgan fingerprint density at radius 2 is 1.56 bits per heavy atom. The van der Waals surface area contributed by atoms with Gasteiger partial charge in [0.15, 0.2) is 0 Å². The van der Waals surface area contributed by atoms with Crippen molar-refractivity contribution in [3.63, 3.8) is 0 Å². The van der Waals surface area contributed by atoms with Crippen molar-refractivity contribution in [2.45, 2.75) is 70.3 Å². The van der Waals surface area contributed by atoms with E-state index in [0.29, 0.717) is 5.92 Å². The standard InChI is InChI=1S/C22H36NO.BrH/c1-2-23(17-10-5-11-18-23)19-16-22(24,20-12-6-3-7-13-20)21-14-8-4-9-15-21;/h3,6-7,12-13,21,24H,2,4-5,8-11,14-19H2,1H3;1H/q+1;/p-1. The van der Waals surface area contributed by atoms with E-state index in [1.54, 1.807) is 0 Å². The Balaban J connectivity index is 0.00000225. The van der Waals surface area contributed by atoms with Crippen LogP contribution in [-0.4, -0.2) is 35.8 Å². The van der Waals surface area contributed by atoms with Gasteiger partial charge in [-0.3, -0.25) is 0 Å². The minimum absolute atomic E-state index is 0. The lowest BCUT2D eigenvalue weighted by molar-refractivity contribution is -0.931. The summed E-state index contributed by atoms with van der Waals surface area (Å²) < 4.78 is 1.22.